The summed E-state index contributed by atoms with van der Waals surface area (Å²) >= 11 is 0. The fourth-order valence-corrected chi connectivity index (χ4v) is 2.60. The molecule has 1 atom stereocenters. The van der Waals surface area contributed by atoms with Gasteiger partial charge in [-0.1, -0.05) is 5.16 Å². The van der Waals surface area contributed by atoms with Crippen LogP contribution in [0.25, 0.3) is 0 Å². The maximum atomic E-state index is 12.0. The SMILES string of the molecule is COCCN1C(=O)CC[C@H]1c1nc(CNC(=O)c2cnccn2)no1. The van der Waals surface area contributed by atoms with Crippen LogP contribution in [0.4, 0.5) is 0 Å². The number of nitrogens with zero attached hydrogens (tertiary/aromatic N) is 5. The van der Waals surface area contributed by atoms with Gasteiger partial charge in [0.25, 0.3) is 5.91 Å². The molecule has 10 nitrogen and oxygen atoms in total. The Hall–Kier alpha value is -2.88. The molecule has 132 valence electrons. The second-order valence-corrected chi connectivity index (χ2v) is 5.46. The number of methoxy groups -OCH3 is 1. The molecule has 1 saturated heterocycles. The van der Waals surface area contributed by atoms with E-state index in [9.17, 15) is 9.59 Å². The molecule has 25 heavy (non-hydrogen) atoms. The van der Waals surface area contributed by atoms with Gasteiger partial charge in [-0.05, 0) is 6.42 Å². The molecule has 0 saturated carbocycles. The Morgan fingerprint density at radius 1 is 1.48 bits per heavy atom. The molecular weight excluding hydrogens is 328 g/mol. The van der Waals surface area contributed by atoms with Crippen molar-refractivity contribution in [3.05, 3.63) is 36.0 Å². The number of ether oxygens (including phenoxy) is 1. The molecular formula is C15H18N6O4. The summed E-state index contributed by atoms with van der Waals surface area (Å²) in [5, 5.41) is 6.51. The van der Waals surface area contributed by atoms with Crippen LogP contribution in [0, 0.1) is 0 Å². The Bertz CT molecular complexity index is 735. The smallest absolute Gasteiger partial charge is 0.271 e. The van der Waals surface area contributed by atoms with E-state index in [0.29, 0.717) is 37.7 Å². The normalized spacial score (nSPS) is 17.1. The van der Waals surface area contributed by atoms with Crippen LogP contribution in [0.15, 0.2) is 23.1 Å². The van der Waals surface area contributed by atoms with E-state index >= 15 is 0 Å². The van der Waals surface area contributed by atoms with Crippen molar-refractivity contribution in [2.45, 2.75) is 25.4 Å². The average Bonchev–Trinajstić information content (AvgIpc) is 3.25. The molecule has 1 fully saturated rings. The zero-order chi connectivity index (χ0) is 17.6. The molecule has 0 bridgehead atoms. The van der Waals surface area contributed by atoms with Gasteiger partial charge in [-0.2, -0.15) is 4.98 Å². The minimum atomic E-state index is -0.378. The fourth-order valence-electron chi connectivity index (χ4n) is 2.60. The molecule has 10 heteroatoms. The van der Waals surface area contributed by atoms with Crippen molar-refractivity contribution in [2.24, 2.45) is 0 Å². The molecule has 1 aliphatic heterocycles. The van der Waals surface area contributed by atoms with Crippen molar-refractivity contribution in [1.29, 1.82) is 0 Å². The van der Waals surface area contributed by atoms with E-state index in [-0.39, 0.29) is 30.1 Å². The molecule has 0 unspecified atom stereocenters. The molecule has 3 rings (SSSR count). The predicted molar refractivity (Wildman–Crippen MR) is 83.1 cm³/mol. The van der Waals surface area contributed by atoms with Gasteiger partial charge >= 0.3 is 0 Å². The summed E-state index contributed by atoms with van der Waals surface area (Å²) in [6.45, 7) is 1.01. The lowest BCUT2D eigenvalue weighted by atomic mass is 10.2. The molecule has 1 N–H and O–H groups in total. The van der Waals surface area contributed by atoms with Crippen LogP contribution in [-0.2, 0) is 16.1 Å². The first kappa shape index (κ1) is 17.0. The fraction of sp³-hybridized carbons (Fsp3) is 0.467. The first-order valence-corrected chi connectivity index (χ1v) is 7.84. The van der Waals surface area contributed by atoms with E-state index in [1.165, 1.54) is 18.6 Å². The standard InChI is InChI=1S/C15H18N6O4/c1-24-7-6-21-11(2-3-13(21)22)15-19-12(20-25-15)9-18-14(23)10-8-16-4-5-17-10/h4-5,8,11H,2-3,6-7,9H2,1H3,(H,18,23)/t11-/m0/s1. The van der Waals surface area contributed by atoms with Crippen molar-refractivity contribution in [3.63, 3.8) is 0 Å². The van der Waals surface area contributed by atoms with Gasteiger partial charge in [0, 0.05) is 32.5 Å². The molecule has 0 aromatic carbocycles. The van der Waals surface area contributed by atoms with Gasteiger partial charge in [0.1, 0.15) is 11.7 Å². The molecule has 2 aromatic heterocycles. The minimum Gasteiger partial charge on any atom is -0.383 e. The van der Waals surface area contributed by atoms with Crippen molar-refractivity contribution in [3.8, 4) is 0 Å². The minimum absolute atomic E-state index is 0.0396. The Kier molecular flexibility index (Phi) is 5.29. The zero-order valence-electron chi connectivity index (χ0n) is 13.7. The number of nitrogens with one attached hydrogen (secondary N) is 1. The number of carbonyl (C=O) groups is 2. The third-order valence-corrected chi connectivity index (χ3v) is 3.84. The van der Waals surface area contributed by atoms with Crippen molar-refractivity contribution in [1.82, 2.24) is 30.3 Å². The third-order valence-electron chi connectivity index (χ3n) is 3.84. The van der Waals surface area contributed by atoms with E-state index in [0.717, 1.165) is 0 Å². The van der Waals surface area contributed by atoms with E-state index in [1.807, 2.05) is 0 Å². The summed E-state index contributed by atoms with van der Waals surface area (Å²) < 4.78 is 10.3. The monoisotopic (exact) mass is 346 g/mol. The van der Waals surface area contributed by atoms with Gasteiger partial charge in [0.2, 0.25) is 11.8 Å². The quantitative estimate of drug-likeness (QED) is 0.749. The van der Waals surface area contributed by atoms with Gasteiger partial charge in [0.15, 0.2) is 5.82 Å². The van der Waals surface area contributed by atoms with Gasteiger partial charge in [0.05, 0.1) is 19.3 Å². The van der Waals surface area contributed by atoms with Crippen LogP contribution < -0.4 is 5.32 Å². The van der Waals surface area contributed by atoms with Gasteiger partial charge in [-0.25, -0.2) is 4.98 Å². The van der Waals surface area contributed by atoms with Crippen molar-refractivity contribution < 1.29 is 18.8 Å². The number of carbonyl (C=O) groups excluding carboxylic acids is 2. The molecule has 2 aromatic rings. The van der Waals surface area contributed by atoms with Gasteiger partial charge in [-0.15, -0.1) is 0 Å². The highest BCUT2D eigenvalue weighted by molar-refractivity contribution is 5.91. The number of amides is 2. The maximum absolute atomic E-state index is 12.0. The van der Waals surface area contributed by atoms with E-state index < -0.39 is 0 Å². The third kappa shape index (κ3) is 3.97. The average molecular weight is 346 g/mol. The first-order chi connectivity index (χ1) is 12.2. The Labute approximate surface area is 143 Å². The summed E-state index contributed by atoms with van der Waals surface area (Å²) in [5.41, 5.74) is 0.207. The lowest BCUT2D eigenvalue weighted by molar-refractivity contribution is -0.130. The summed E-state index contributed by atoms with van der Waals surface area (Å²) in [7, 11) is 1.58. The number of aromatic nitrogens is 4. The molecule has 0 aliphatic carbocycles. The van der Waals surface area contributed by atoms with E-state index in [1.54, 1.807) is 12.0 Å². The summed E-state index contributed by atoms with van der Waals surface area (Å²) in [5.74, 6) is 0.360. The molecule has 1 aliphatic rings. The highest BCUT2D eigenvalue weighted by Gasteiger charge is 2.35. The van der Waals surface area contributed by atoms with Crippen LogP contribution in [0.2, 0.25) is 0 Å². The highest BCUT2D eigenvalue weighted by atomic mass is 16.5. The second-order valence-electron chi connectivity index (χ2n) is 5.46. The number of hydrogen-bond acceptors (Lipinski definition) is 8. The first-order valence-electron chi connectivity index (χ1n) is 7.84. The summed E-state index contributed by atoms with van der Waals surface area (Å²) in [6, 6.07) is -0.250. The van der Waals surface area contributed by atoms with Gasteiger partial charge < -0.3 is 19.5 Å². The van der Waals surface area contributed by atoms with Crippen LogP contribution in [-0.4, -0.2) is 57.1 Å². The summed E-state index contributed by atoms with van der Waals surface area (Å²) in [4.78, 5) is 37.6. The topological polar surface area (TPSA) is 123 Å². The summed E-state index contributed by atoms with van der Waals surface area (Å²) in [6.07, 6.45) is 5.36. The Morgan fingerprint density at radius 2 is 2.36 bits per heavy atom. The Morgan fingerprint density at radius 3 is 3.12 bits per heavy atom. The van der Waals surface area contributed by atoms with Crippen LogP contribution in [0.1, 0.15) is 41.1 Å². The molecule has 0 radical (unpaired) electrons. The van der Waals surface area contributed by atoms with Crippen molar-refractivity contribution >= 4 is 11.8 Å². The molecule has 0 spiro atoms. The maximum Gasteiger partial charge on any atom is 0.271 e. The number of hydrogen-bond donors (Lipinski definition) is 1. The largest absolute Gasteiger partial charge is 0.383 e. The zero-order valence-corrected chi connectivity index (χ0v) is 13.7. The van der Waals surface area contributed by atoms with E-state index in [2.05, 4.69) is 25.4 Å². The lowest BCUT2D eigenvalue weighted by Crippen LogP contribution is -2.31. The van der Waals surface area contributed by atoms with Crippen molar-refractivity contribution in [2.75, 3.05) is 20.3 Å². The van der Waals surface area contributed by atoms with Crippen LogP contribution in [0.5, 0.6) is 0 Å². The van der Waals surface area contributed by atoms with Crippen LogP contribution >= 0.6 is 0 Å². The Balaban J connectivity index is 1.60. The number of likely N-dealkylation sites (tertiary alicyclic amines) is 1. The number of rotatable bonds is 7. The molecule has 3 heterocycles. The van der Waals surface area contributed by atoms with Gasteiger partial charge in [-0.3, -0.25) is 14.6 Å². The highest BCUT2D eigenvalue weighted by Crippen LogP contribution is 2.31. The lowest BCUT2D eigenvalue weighted by Gasteiger charge is -2.21. The van der Waals surface area contributed by atoms with Crippen LogP contribution in [0.3, 0.4) is 0 Å². The second kappa shape index (κ2) is 7.79. The molecule has 2 amide bonds. The predicted octanol–water partition coefficient (Wildman–Crippen LogP) is 0.0995. The van der Waals surface area contributed by atoms with E-state index in [4.69, 9.17) is 9.26 Å².